The van der Waals surface area contributed by atoms with Gasteiger partial charge in [-0.25, -0.2) is 18.5 Å². The summed E-state index contributed by atoms with van der Waals surface area (Å²) in [6.07, 6.45) is 7.32. The lowest BCUT2D eigenvalue weighted by Gasteiger charge is -2.35. The van der Waals surface area contributed by atoms with Crippen LogP contribution in [-0.2, 0) is 10.0 Å². The molecule has 0 spiro atoms. The van der Waals surface area contributed by atoms with Crippen molar-refractivity contribution < 1.29 is 8.42 Å². The molecule has 0 bridgehead atoms. The number of nitrogens with zero attached hydrogens (tertiary/aromatic N) is 2. The molecule has 0 saturated heterocycles. The molecule has 0 amide bonds. The van der Waals surface area contributed by atoms with E-state index in [4.69, 9.17) is 10.9 Å². The molecule has 6 nitrogen and oxygen atoms in total. The molecule has 7 heteroatoms. The number of nitrogens with two attached hydrogens (primary N) is 2. The molecule has 0 radical (unpaired) electrons. The van der Waals surface area contributed by atoms with Gasteiger partial charge in [0.25, 0.3) is 0 Å². The van der Waals surface area contributed by atoms with Gasteiger partial charge in [-0.15, -0.1) is 0 Å². The Morgan fingerprint density at radius 1 is 1.25 bits per heavy atom. The molecule has 0 aromatic carbocycles. The molecule has 4 N–H and O–H groups in total. The molecule has 1 aliphatic rings. The van der Waals surface area contributed by atoms with E-state index in [2.05, 4.69) is 9.88 Å². The van der Waals surface area contributed by atoms with Gasteiger partial charge in [0.15, 0.2) is 0 Å². The molecule has 20 heavy (non-hydrogen) atoms. The van der Waals surface area contributed by atoms with Crippen molar-refractivity contribution in [2.24, 2.45) is 10.9 Å². The Morgan fingerprint density at radius 2 is 1.95 bits per heavy atom. The number of anilines is 1. The number of aromatic nitrogens is 1. The van der Waals surface area contributed by atoms with Gasteiger partial charge in [0, 0.05) is 25.3 Å². The molecule has 1 saturated carbocycles. The summed E-state index contributed by atoms with van der Waals surface area (Å²) in [7, 11) is -3.69. The Labute approximate surface area is 120 Å². The first-order chi connectivity index (χ1) is 9.52. The first-order valence-corrected chi connectivity index (χ1v) is 8.52. The lowest BCUT2D eigenvalue weighted by Crippen LogP contribution is -2.40. The molecule has 0 unspecified atom stereocenters. The van der Waals surface area contributed by atoms with Crippen LogP contribution in [-0.4, -0.2) is 32.5 Å². The highest BCUT2D eigenvalue weighted by Gasteiger charge is 2.22. The Bertz CT molecular complexity index is 524. The van der Waals surface area contributed by atoms with Crippen molar-refractivity contribution in [1.29, 1.82) is 0 Å². The van der Waals surface area contributed by atoms with E-state index < -0.39 is 10.0 Å². The summed E-state index contributed by atoms with van der Waals surface area (Å²) in [5.41, 5.74) is 5.69. The van der Waals surface area contributed by atoms with Gasteiger partial charge < -0.3 is 10.6 Å². The highest BCUT2D eigenvalue weighted by atomic mass is 32.2. The fourth-order valence-electron chi connectivity index (χ4n) is 2.73. The van der Waals surface area contributed by atoms with E-state index in [0.29, 0.717) is 12.6 Å². The standard InChI is InChI=1S/C13H22N4O2S/c14-8-9-17(11-4-2-1-3-5-11)13-7-6-12(10-16-13)20(15,18)19/h6-7,10-11H,1-5,8-9,14H2,(H2,15,18,19). The third-order valence-corrected chi connectivity index (χ3v) is 4.63. The number of hydrogen-bond donors (Lipinski definition) is 2. The van der Waals surface area contributed by atoms with Crippen LogP contribution in [0.25, 0.3) is 0 Å². The summed E-state index contributed by atoms with van der Waals surface area (Å²) in [4.78, 5) is 6.48. The summed E-state index contributed by atoms with van der Waals surface area (Å²) in [6, 6.07) is 3.66. The predicted molar refractivity (Wildman–Crippen MR) is 78.9 cm³/mol. The maximum atomic E-state index is 11.2. The van der Waals surface area contributed by atoms with Gasteiger partial charge in [-0.3, -0.25) is 0 Å². The molecular weight excluding hydrogens is 276 g/mol. The lowest BCUT2D eigenvalue weighted by atomic mass is 9.94. The first kappa shape index (κ1) is 15.2. The fourth-order valence-corrected chi connectivity index (χ4v) is 3.18. The lowest BCUT2D eigenvalue weighted by molar-refractivity contribution is 0.414. The molecule has 1 heterocycles. The second-order valence-corrected chi connectivity index (χ2v) is 6.73. The average Bonchev–Trinajstić information content (AvgIpc) is 2.45. The van der Waals surface area contributed by atoms with Crippen molar-refractivity contribution in [2.75, 3.05) is 18.0 Å². The molecule has 112 valence electrons. The zero-order valence-electron chi connectivity index (χ0n) is 11.5. The van der Waals surface area contributed by atoms with E-state index in [-0.39, 0.29) is 4.90 Å². The second kappa shape index (κ2) is 6.51. The number of primary sulfonamides is 1. The summed E-state index contributed by atoms with van der Waals surface area (Å²) in [5.74, 6) is 0.773. The van der Waals surface area contributed by atoms with Crippen molar-refractivity contribution in [3.05, 3.63) is 18.3 Å². The van der Waals surface area contributed by atoms with E-state index >= 15 is 0 Å². The van der Waals surface area contributed by atoms with Gasteiger partial charge >= 0.3 is 0 Å². The third kappa shape index (κ3) is 3.68. The minimum atomic E-state index is -3.69. The predicted octanol–water partition coefficient (Wildman–Crippen LogP) is 0.827. The smallest absolute Gasteiger partial charge is 0.239 e. The van der Waals surface area contributed by atoms with Crippen LogP contribution in [0.4, 0.5) is 5.82 Å². The average molecular weight is 298 g/mol. The van der Waals surface area contributed by atoms with E-state index in [1.54, 1.807) is 6.07 Å². The van der Waals surface area contributed by atoms with E-state index in [9.17, 15) is 8.42 Å². The first-order valence-electron chi connectivity index (χ1n) is 6.98. The zero-order chi connectivity index (χ0) is 14.6. The monoisotopic (exact) mass is 298 g/mol. The molecule has 1 aromatic rings. The Morgan fingerprint density at radius 3 is 2.45 bits per heavy atom. The van der Waals surface area contributed by atoms with Gasteiger partial charge in [0.2, 0.25) is 10.0 Å². The molecule has 1 aliphatic carbocycles. The second-order valence-electron chi connectivity index (χ2n) is 5.17. The van der Waals surface area contributed by atoms with Crippen LogP contribution < -0.4 is 15.8 Å². The third-order valence-electron chi connectivity index (χ3n) is 3.73. The fraction of sp³-hybridized carbons (Fsp3) is 0.615. The molecule has 0 atom stereocenters. The number of hydrogen-bond acceptors (Lipinski definition) is 5. The SMILES string of the molecule is NCCN(c1ccc(S(N)(=O)=O)cn1)C1CCCCC1. The van der Waals surface area contributed by atoms with Gasteiger partial charge in [0.05, 0.1) is 0 Å². The number of rotatable bonds is 5. The minimum absolute atomic E-state index is 0.0394. The molecule has 2 rings (SSSR count). The number of sulfonamides is 1. The summed E-state index contributed by atoms with van der Waals surface area (Å²) < 4.78 is 22.5. The van der Waals surface area contributed by atoms with Gasteiger partial charge in [-0.05, 0) is 25.0 Å². The van der Waals surface area contributed by atoms with Crippen molar-refractivity contribution >= 4 is 15.8 Å². The van der Waals surface area contributed by atoms with Crippen molar-refractivity contribution in [1.82, 2.24) is 4.98 Å². The zero-order valence-corrected chi connectivity index (χ0v) is 12.3. The van der Waals surface area contributed by atoms with Gasteiger partial charge in [0.1, 0.15) is 10.7 Å². The van der Waals surface area contributed by atoms with Crippen LogP contribution in [0.1, 0.15) is 32.1 Å². The normalized spacial score (nSPS) is 17.1. The summed E-state index contributed by atoms with van der Waals surface area (Å²) in [6.45, 7) is 1.28. The van der Waals surface area contributed by atoms with Crippen LogP contribution in [0, 0.1) is 0 Å². The summed E-state index contributed by atoms with van der Waals surface area (Å²) >= 11 is 0. The quantitative estimate of drug-likeness (QED) is 0.838. The molecular formula is C13H22N4O2S. The molecule has 1 fully saturated rings. The van der Waals surface area contributed by atoms with Crippen molar-refractivity contribution in [3.8, 4) is 0 Å². The highest BCUT2D eigenvalue weighted by Crippen LogP contribution is 2.26. The molecule has 1 aromatic heterocycles. The van der Waals surface area contributed by atoms with Crippen LogP contribution >= 0.6 is 0 Å². The number of pyridine rings is 1. The Hall–Kier alpha value is -1.18. The maximum Gasteiger partial charge on any atom is 0.239 e. The molecule has 0 aliphatic heterocycles. The maximum absolute atomic E-state index is 11.2. The van der Waals surface area contributed by atoms with E-state index in [1.165, 1.54) is 31.5 Å². The van der Waals surface area contributed by atoms with Gasteiger partial charge in [-0.2, -0.15) is 0 Å². The largest absolute Gasteiger partial charge is 0.352 e. The van der Waals surface area contributed by atoms with Crippen LogP contribution in [0.3, 0.4) is 0 Å². The Kier molecular flexibility index (Phi) is 4.95. The van der Waals surface area contributed by atoms with E-state index in [1.807, 2.05) is 0 Å². The Balaban J connectivity index is 2.20. The van der Waals surface area contributed by atoms with Crippen molar-refractivity contribution in [3.63, 3.8) is 0 Å². The summed E-state index contributed by atoms with van der Waals surface area (Å²) in [5, 5.41) is 5.08. The van der Waals surface area contributed by atoms with Gasteiger partial charge in [-0.1, -0.05) is 19.3 Å². The topological polar surface area (TPSA) is 102 Å². The van der Waals surface area contributed by atoms with Crippen LogP contribution in [0.15, 0.2) is 23.2 Å². The van der Waals surface area contributed by atoms with E-state index in [0.717, 1.165) is 25.2 Å². The highest BCUT2D eigenvalue weighted by molar-refractivity contribution is 7.89. The minimum Gasteiger partial charge on any atom is -0.352 e. The van der Waals surface area contributed by atoms with Crippen LogP contribution in [0.2, 0.25) is 0 Å². The van der Waals surface area contributed by atoms with Crippen molar-refractivity contribution in [2.45, 2.75) is 43.0 Å². The van der Waals surface area contributed by atoms with Crippen LogP contribution in [0.5, 0.6) is 0 Å².